The molecular weight excluding hydrogens is 324 g/mol. The fraction of sp³-hybridized carbons (Fsp3) is 0.0870. The second-order valence-corrected chi connectivity index (χ2v) is 8.17. The van der Waals surface area contributed by atoms with Crippen molar-refractivity contribution < 1.29 is 4.79 Å². The highest BCUT2D eigenvalue weighted by atomic mass is 32.2. The van der Waals surface area contributed by atoms with Crippen molar-refractivity contribution in [1.29, 1.82) is 0 Å². The molecule has 1 atom stereocenters. The minimum absolute atomic E-state index is 0.234. The number of hydrogen-bond donors (Lipinski definition) is 0. The van der Waals surface area contributed by atoms with Crippen LogP contribution in [0.25, 0.3) is 21.5 Å². The highest BCUT2D eigenvalue weighted by Crippen LogP contribution is 2.30. The molecule has 0 aliphatic carbocycles. The van der Waals surface area contributed by atoms with E-state index in [-0.39, 0.29) is 16.0 Å². The van der Waals surface area contributed by atoms with E-state index < -0.39 is 0 Å². The van der Waals surface area contributed by atoms with Crippen molar-refractivity contribution >= 4 is 37.6 Å². The van der Waals surface area contributed by atoms with Gasteiger partial charge in [0.1, 0.15) is 12.0 Å². The summed E-state index contributed by atoms with van der Waals surface area (Å²) in [7, 11) is -0.368. The molecule has 4 aromatic carbocycles. The summed E-state index contributed by atoms with van der Waals surface area (Å²) in [5, 5.41) is 5.21. The summed E-state index contributed by atoms with van der Waals surface area (Å²) in [5.74, 6) is 0.773. The van der Waals surface area contributed by atoms with Crippen LogP contribution in [0.5, 0.6) is 0 Å². The van der Waals surface area contributed by atoms with Crippen LogP contribution >= 0.6 is 0 Å². The maximum Gasteiger partial charge on any atom is 0.361 e. The number of benzene rings is 4. The Hall–Kier alpha value is -2.58. The van der Waals surface area contributed by atoms with Gasteiger partial charge in [-0.1, -0.05) is 66.7 Å². The van der Waals surface area contributed by atoms with Crippen molar-refractivity contribution in [2.24, 2.45) is 0 Å². The molecule has 1 unspecified atom stereocenters. The molecule has 0 N–H and O–H groups in total. The van der Waals surface area contributed by atoms with Crippen LogP contribution in [0.15, 0.2) is 84.9 Å². The van der Waals surface area contributed by atoms with Crippen LogP contribution in [0.3, 0.4) is 0 Å². The van der Waals surface area contributed by atoms with Crippen molar-refractivity contribution in [2.75, 3.05) is 6.26 Å². The third kappa shape index (κ3) is 3.06. The van der Waals surface area contributed by atoms with Gasteiger partial charge in [-0.05, 0) is 39.7 Å². The zero-order valence-electron chi connectivity index (χ0n) is 14.1. The summed E-state index contributed by atoms with van der Waals surface area (Å²) in [6, 6.07) is 28.8. The second-order valence-electron chi connectivity index (χ2n) is 6.23. The summed E-state index contributed by atoms with van der Waals surface area (Å²) in [6.45, 7) is 0. The van der Waals surface area contributed by atoms with Crippen molar-refractivity contribution in [3.63, 3.8) is 0 Å². The van der Waals surface area contributed by atoms with Gasteiger partial charge in [-0.2, -0.15) is 0 Å². The topological polar surface area (TPSA) is 17.1 Å². The molecule has 0 aromatic heterocycles. The number of rotatable bonds is 3. The van der Waals surface area contributed by atoms with Crippen LogP contribution in [-0.2, 0) is 16.6 Å². The fourth-order valence-corrected chi connectivity index (χ4v) is 4.73. The van der Waals surface area contributed by atoms with Gasteiger partial charge in [0.15, 0.2) is 0 Å². The average Bonchev–Trinajstić information content (AvgIpc) is 2.67. The Balaban J connectivity index is 1.80. The van der Waals surface area contributed by atoms with E-state index in [9.17, 15) is 4.79 Å². The smallest absolute Gasteiger partial charge is 0.232 e. The zero-order chi connectivity index (χ0) is 17.2. The van der Waals surface area contributed by atoms with E-state index in [4.69, 9.17) is 0 Å². The van der Waals surface area contributed by atoms with Gasteiger partial charge in [0.05, 0.1) is 16.5 Å². The molecule has 0 saturated heterocycles. The Bertz CT molecular complexity index is 999. The first-order chi connectivity index (χ1) is 12.2. The maximum absolute atomic E-state index is 12.8. The van der Waals surface area contributed by atoms with E-state index in [0.29, 0.717) is 0 Å². The molecule has 0 aliphatic rings. The summed E-state index contributed by atoms with van der Waals surface area (Å²) in [6.07, 6.45) is 2.06. The molecule has 1 nitrogen and oxygen atoms in total. The summed E-state index contributed by atoms with van der Waals surface area (Å²) >= 11 is 0. The lowest BCUT2D eigenvalue weighted by atomic mass is 9.98. The van der Waals surface area contributed by atoms with Gasteiger partial charge in [-0.3, -0.25) is 0 Å². The third-order valence-electron chi connectivity index (χ3n) is 4.57. The SMILES string of the molecule is C[S+](Cc1c2ccccc2cc2ccccc12)C(=O)c1ccccc1. The number of fused-ring (bicyclic) bond motifs is 2. The van der Waals surface area contributed by atoms with E-state index in [1.165, 1.54) is 27.1 Å². The molecule has 0 spiro atoms. The van der Waals surface area contributed by atoms with Gasteiger partial charge in [0, 0.05) is 5.56 Å². The predicted octanol–water partition coefficient (Wildman–Crippen LogP) is 5.58. The number of carbonyl (C=O) groups excluding carboxylic acids is 1. The molecule has 4 rings (SSSR count). The van der Waals surface area contributed by atoms with Crippen molar-refractivity contribution in [1.82, 2.24) is 0 Å². The van der Waals surface area contributed by atoms with Crippen LogP contribution < -0.4 is 0 Å². The van der Waals surface area contributed by atoms with Crippen LogP contribution in [-0.4, -0.2) is 11.4 Å². The van der Waals surface area contributed by atoms with Gasteiger partial charge in [-0.25, -0.2) is 4.79 Å². The molecule has 25 heavy (non-hydrogen) atoms. The Kier molecular flexibility index (Phi) is 4.29. The minimum Gasteiger partial charge on any atom is -0.232 e. The first kappa shape index (κ1) is 15.9. The van der Waals surface area contributed by atoms with Crippen molar-refractivity contribution in [3.05, 3.63) is 96.1 Å². The van der Waals surface area contributed by atoms with Gasteiger partial charge < -0.3 is 0 Å². The quantitative estimate of drug-likeness (QED) is 0.350. The maximum atomic E-state index is 12.8. The van der Waals surface area contributed by atoms with Crippen LogP contribution in [0, 0.1) is 0 Å². The van der Waals surface area contributed by atoms with Gasteiger partial charge in [0.25, 0.3) is 0 Å². The summed E-state index contributed by atoms with van der Waals surface area (Å²) in [5.41, 5.74) is 2.08. The summed E-state index contributed by atoms with van der Waals surface area (Å²) in [4.78, 5) is 12.8. The molecule has 0 amide bonds. The third-order valence-corrected chi connectivity index (χ3v) is 6.16. The predicted molar refractivity (Wildman–Crippen MR) is 109 cm³/mol. The van der Waals surface area contributed by atoms with Crippen molar-refractivity contribution in [2.45, 2.75) is 5.75 Å². The first-order valence-electron chi connectivity index (χ1n) is 8.35. The number of carbonyl (C=O) groups is 1. The molecule has 0 bridgehead atoms. The summed E-state index contributed by atoms with van der Waals surface area (Å²) < 4.78 is 0. The van der Waals surface area contributed by atoms with E-state index in [1.54, 1.807) is 0 Å². The van der Waals surface area contributed by atoms with Gasteiger partial charge in [0.2, 0.25) is 0 Å². The molecule has 0 radical (unpaired) electrons. The molecule has 0 heterocycles. The lowest BCUT2D eigenvalue weighted by Gasteiger charge is -2.11. The minimum atomic E-state index is -0.368. The molecule has 2 heteroatoms. The Labute approximate surface area is 150 Å². The van der Waals surface area contributed by atoms with Crippen molar-refractivity contribution in [3.8, 4) is 0 Å². The highest BCUT2D eigenvalue weighted by Gasteiger charge is 2.27. The highest BCUT2D eigenvalue weighted by molar-refractivity contribution is 8.10. The second kappa shape index (κ2) is 6.73. The van der Waals surface area contributed by atoms with E-state index >= 15 is 0 Å². The fourth-order valence-electron chi connectivity index (χ4n) is 3.32. The number of hydrogen-bond acceptors (Lipinski definition) is 1. The van der Waals surface area contributed by atoms with Crippen LogP contribution in [0.2, 0.25) is 0 Å². The largest absolute Gasteiger partial charge is 0.361 e. The Morgan fingerprint density at radius 2 is 1.28 bits per heavy atom. The molecule has 0 fully saturated rings. The van der Waals surface area contributed by atoms with E-state index in [1.807, 2.05) is 30.3 Å². The van der Waals surface area contributed by atoms with Crippen LogP contribution in [0.1, 0.15) is 15.9 Å². The van der Waals surface area contributed by atoms with E-state index in [0.717, 1.165) is 11.3 Å². The molecule has 4 aromatic rings. The average molecular weight is 343 g/mol. The standard InChI is InChI=1S/C23H19OS/c1-25(23(24)17-9-3-2-4-10-17)16-22-20-13-7-5-11-18(20)15-19-12-6-8-14-21(19)22/h2-15H,16H2,1H3/q+1. The Morgan fingerprint density at radius 3 is 1.88 bits per heavy atom. The van der Waals surface area contributed by atoms with Gasteiger partial charge in [-0.15, -0.1) is 0 Å². The van der Waals surface area contributed by atoms with Gasteiger partial charge >= 0.3 is 5.12 Å². The molecule has 122 valence electrons. The lowest BCUT2D eigenvalue weighted by Crippen LogP contribution is -2.16. The normalized spacial score (nSPS) is 12.4. The van der Waals surface area contributed by atoms with E-state index in [2.05, 4.69) is 60.9 Å². The Morgan fingerprint density at radius 1 is 0.760 bits per heavy atom. The molecular formula is C23H19OS+. The molecule has 0 saturated carbocycles. The molecule has 0 aliphatic heterocycles. The zero-order valence-corrected chi connectivity index (χ0v) is 14.9. The first-order valence-corrected chi connectivity index (χ1v) is 10.2. The van der Waals surface area contributed by atoms with Crippen LogP contribution in [0.4, 0.5) is 0 Å². The monoisotopic (exact) mass is 343 g/mol. The lowest BCUT2D eigenvalue weighted by molar-refractivity contribution is 0.108.